The molecule has 4 rings (SSSR count). The first-order valence-electron chi connectivity index (χ1n) is 8.46. The van der Waals surface area contributed by atoms with Crippen LogP contribution >= 0.6 is 0 Å². The molecule has 0 atom stereocenters. The number of nitrogens with one attached hydrogen (secondary N) is 2. The number of aromatic amines is 1. The number of rotatable bonds is 4. The highest BCUT2D eigenvalue weighted by Gasteiger charge is 2.07. The van der Waals surface area contributed by atoms with Gasteiger partial charge in [-0.05, 0) is 43.7 Å². The lowest BCUT2D eigenvalue weighted by atomic mass is 10.0. The molecule has 26 heavy (non-hydrogen) atoms. The van der Waals surface area contributed by atoms with Crippen molar-refractivity contribution in [1.29, 1.82) is 0 Å². The molecule has 0 aliphatic carbocycles. The van der Waals surface area contributed by atoms with Gasteiger partial charge in [-0.15, -0.1) is 0 Å². The minimum atomic E-state index is 0.259. The molecule has 4 N–H and O–H groups in total. The van der Waals surface area contributed by atoms with Gasteiger partial charge in [-0.25, -0.2) is 4.98 Å². The van der Waals surface area contributed by atoms with Crippen molar-refractivity contribution in [2.24, 2.45) is 0 Å². The van der Waals surface area contributed by atoms with Crippen LogP contribution in [0.1, 0.15) is 16.7 Å². The molecule has 0 saturated heterocycles. The van der Waals surface area contributed by atoms with Crippen LogP contribution in [0.25, 0.3) is 22.2 Å². The van der Waals surface area contributed by atoms with Crippen LogP contribution in [0.15, 0.2) is 48.7 Å². The molecular weight excluding hydrogens is 324 g/mol. The monoisotopic (exact) mass is 344 g/mol. The summed E-state index contributed by atoms with van der Waals surface area (Å²) in [5.41, 5.74) is 12.3. The number of benzene rings is 2. The van der Waals surface area contributed by atoms with E-state index >= 15 is 0 Å². The summed E-state index contributed by atoms with van der Waals surface area (Å²) in [6.07, 6.45) is 1.82. The van der Waals surface area contributed by atoms with Crippen molar-refractivity contribution in [3.8, 4) is 11.3 Å². The number of anilines is 2. The Morgan fingerprint density at radius 3 is 2.62 bits per heavy atom. The highest BCUT2D eigenvalue weighted by Crippen LogP contribution is 2.23. The first kappa shape index (κ1) is 16.1. The number of nitrogens with two attached hydrogens (primary N) is 1. The molecule has 2 heterocycles. The minimum Gasteiger partial charge on any atom is -0.368 e. The van der Waals surface area contributed by atoms with Crippen molar-refractivity contribution in [3.05, 3.63) is 65.4 Å². The zero-order valence-corrected chi connectivity index (χ0v) is 14.7. The lowest BCUT2D eigenvalue weighted by Crippen LogP contribution is -2.05. The number of nitrogens with zero attached hydrogens (tertiary/aromatic N) is 3. The topological polar surface area (TPSA) is 92.5 Å². The fourth-order valence-corrected chi connectivity index (χ4v) is 3.12. The molecular formula is C20H20N6. The highest BCUT2D eigenvalue weighted by molar-refractivity contribution is 5.78. The van der Waals surface area contributed by atoms with Crippen LogP contribution < -0.4 is 11.1 Å². The zero-order valence-electron chi connectivity index (χ0n) is 14.7. The molecule has 2 aromatic heterocycles. The van der Waals surface area contributed by atoms with E-state index in [4.69, 9.17) is 5.73 Å². The molecule has 6 heteroatoms. The van der Waals surface area contributed by atoms with Crippen LogP contribution in [-0.2, 0) is 6.54 Å². The average Bonchev–Trinajstić information content (AvgIpc) is 3.06. The Bertz CT molecular complexity index is 1060. The number of nitrogen functional groups attached to an aromatic ring is 1. The van der Waals surface area contributed by atoms with Crippen LogP contribution in [0.2, 0.25) is 0 Å². The van der Waals surface area contributed by atoms with Crippen molar-refractivity contribution in [2.45, 2.75) is 20.4 Å². The van der Waals surface area contributed by atoms with Crippen molar-refractivity contribution in [3.63, 3.8) is 0 Å². The van der Waals surface area contributed by atoms with Crippen LogP contribution in [0.3, 0.4) is 0 Å². The Kier molecular flexibility index (Phi) is 4.01. The summed E-state index contributed by atoms with van der Waals surface area (Å²) in [6.45, 7) is 4.79. The summed E-state index contributed by atoms with van der Waals surface area (Å²) in [5, 5.41) is 11.4. The third-order valence-corrected chi connectivity index (χ3v) is 4.24. The molecule has 0 spiro atoms. The van der Waals surface area contributed by atoms with Gasteiger partial charge in [0, 0.05) is 23.6 Å². The van der Waals surface area contributed by atoms with E-state index in [9.17, 15) is 0 Å². The minimum absolute atomic E-state index is 0.259. The number of aromatic nitrogens is 4. The maximum atomic E-state index is 5.93. The van der Waals surface area contributed by atoms with E-state index in [1.807, 2.05) is 18.3 Å². The van der Waals surface area contributed by atoms with Crippen LogP contribution in [0.5, 0.6) is 0 Å². The molecule has 0 bridgehead atoms. The van der Waals surface area contributed by atoms with E-state index < -0.39 is 0 Å². The van der Waals surface area contributed by atoms with Gasteiger partial charge in [-0.3, -0.25) is 5.10 Å². The first-order chi connectivity index (χ1) is 12.6. The molecule has 0 fully saturated rings. The second-order valence-electron chi connectivity index (χ2n) is 6.52. The van der Waals surface area contributed by atoms with Crippen LogP contribution in [0.4, 0.5) is 11.8 Å². The number of H-pyrrole nitrogens is 1. The predicted molar refractivity (Wildman–Crippen MR) is 105 cm³/mol. The Balaban J connectivity index is 1.59. The van der Waals surface area contributed by atoms with E-state index in [1.54, 1.807) is 0 Å². The number of aryl methyl sites for hydroxylation is 2. The van der Waals surface area contributed by atoms with Gasteiger partial charge < -0.3 is 11.1 Å². The van der Waals surface area contributed by atoms with Crippen molar-refractivity contribution in [1.82, 2.24) is 20.2 Å². The second kappa shape index (κ2) is 6.48. The van der Waals surface area contributed by atoms with Crippen molar-refractivity contribution >= 4 is 22.7 Å². The van der Waals surface area contributed by atoms with E-state index in [-0.39, 0.29) is 5.95 Å². The van der Waals surface area contributed by atoms with E-state index in [1.165, 1.54) is 11.1 Å². The van der Waals surface area contributed by atoms with Gasteiger partial charge in [-0.2, -0.15) is 10.1 Å². The van der Waals surface area contributed by atoms with Crippen molar-refractivity contribution in [2.75, 3.05) is 11.1 Å². The summed E-state index contributed by atoms with van der Waals surface area (Å²) in [4.78, 5) is 8.70. The van der Waals surface area contributed by atoms with Crippen LogP contribution in [0, 0.1) is 13.8 Å². The van der Waals surface area contributed by atoms with Gasteiger partial charge in [0.15, 0.2) is 0 Å². The smallest absolute Gasteiger partial charge is 0.222 e. The molecule has 0 unspecified atom stereocenters. The molecule has 0 aliphatic rings. The largest absolute Gasteiger partial charge is 0.368 e. The maximum Gasteiger partial charge on any atom is 0.222 e. The first-order valence-corrected chi connectivity index (χ1v) is 8.46. The summed E-state index contributed by atoms with van der Waals surface area (Å²) in [6, 6.07) is 14.5. The summed E-state index contributed by atoms with van der Waals surface area (Å²) >= 11 is 0. The second-order valence-corrected chi connectivity index (χ2v) is 6.52. The Hall–Kier alpha value is -3.41. The van der Waals surface area contributed by atoms with Crippen LogP contribution in [-0.4, -0.2) is 20.2 Å². The standard InChI is InChI=1S/C20H20N6/c1-12-5-13(2)7-15(6-12)18-9-19(25-20(21)24-18)22-10-14-3-4-17-16(8-14)11-23-26-17/h3-9,11H,10H2,1-2H3,(H,23,26)(H3,21,22,24,25). The SMILES string of the molecule is Cc1cc(C)cc(-c2cc(NCc3ccc4[nH]ncc4c3)nc(N)n2)c1. The van der Waals surface area contributed by atoms with Gasteiger partial charge in [0.1, 0.15) is 5.82 Å². The molecule has 0 radical (unpaired) electrons. The third-order valence-electron chi connectivity index (χ3n) is 4.24. The van der Waals surface area contributed by atoms with Gasteiger partial charge >= 0.3 is 0 Å². The molecule has 0 aliphatic heterocycles. The molecule has 6 nitrogen and oxygen atoms in total. The number of hydrogen-bond donors (Lipinski definition) is 3. The predicted octanol–water partition coefficient (Wildman–Crippen LogP) is 3.83. The summed E-state index contributed by atoms with van der Waals surface area (Å²) in [7, 11) is 0. The Morgan fingerprint density at radius 1 is 1.00 bits per heavy atom. The maximum absolute atomic E-state index is 5.93. The van der Waals surface area contributed by atoms with Gasteiger partial charge in [0.2, 0.25) is 5.95 Å². The highest BCUT2D eigenvalue weighted by atomic mass is 15.1. The molecule has 2 aromatic carbocycles. The van der Waals surface area contributed by atoms with Gasteiger partial charge in [0.05, 0.1) is 17.4 Å². The quantitative estimate of drug-likeness (QED) is 0.523. The van der Waals surface area contributed by atoms with Gasteiger partial charge in [0.25, 0.3) is 0 Å². The third kappa shape index (κ3) is 3.35. The number of hydrogen-bond acceptors (Lipinski definition) is 5. The Morgan fingerprint density at radius 2 is 1.81 bits per heavy atom. The molecule has 0 saturated carbocycles. The lowest BCUT2D eigenvalue weighted by molar-refractivity contribution is 1.09. The molecule has 130 valence electrons. The zero-order chi connectivity index (χ0) is 18.1. The fraction of sp³-hybridized carbons (Fsp3) is 0.150. The van der Waals surface area contributed by atoms with E-state index in [0.717, 1.165) is 27.7 Å². The lowest BCUT2D eigenvalue weighted by Gasteiger charge is -2.10. The fourth-order valence-electron chi connectivity index (χ4n) is 3.12. The average molecular weight is 344 g/mol. The normalized spacial score (nSPS) is 11.0. The van der Waals surface area contributed by atoms with E-state index in [2.05, 4.69) is 69.7 Å². The summed E-state index contributed by atoms with van der Waals surface area (Å²) < 4.78 is 0. The van der Waals surface area contributed by atoms with Gasteiger partial charge in [-0.1, -0.05) is 23.3 Å². The Labute approximate surface area is 151 Å². The van der Waals surface area contributed by atoms with E-state index in [0.29, 0.717) is 12.4 Å². The van der Waals surface area contributed by atoms with Crippen molar-refractivity contribution < 1.29 is 0 Å². The molecule has 4 aromatic rings. The molecule has 0 amide bonds. The number of fused-ring (bicyclic) bond motifs is 1. The summed E-state index contributed by atoms with van der Waals surface area (Å²) in [5.74, 6) is 0.966.